The third kappa shape index (κ3) is 6.21. The number of carbonyl (C=O) groups excluding carboxylic acids is 3. The average Bonchev–Trinajstić information content (AvgIpc) is 3.15. The van der Waals surface area contributed by atoms with Crippen LogP contribution in [0.2, 0.25) is 0 Å². The molecule has 0 saturated carbocycles. The molecule has 3 amide bonds. The Hall–Kier alpha value is -3.19. The summed E-state index contributed by atoms with van der Waals surface area (Å²) in [6.07, 6.45) is 5.08. The van der Waals surface area contributed by atoms with Crippen LogP contribution in [0, 0.1) is 0 Å². The van der Waals surface area contributed by atoms with Gasteiger partial charge in [-0.3, -0.25) is 14.4 Å². The highest BCUT2D eigenvalue weighted by molar-refractivity contribution is 5.91. The van der Waals surface area contributed by atoms with E-state index in [0.717, 1.165) is 32.1 Å². The molecule has 1 unspecified atom stereocenters. The maximum Gasteiger partial charge on any atom is 0.245 e. The van der Waals surface area contributed by atoms with Crippen molar-refractivity contribution in [3.63, 3.8) is 0 Å². The molecule has 1 fully saturated rings. The van der Waals surface area contributed by atoms with Gasteiger partial charge in [-0.25, -0.2) is 0 Å². The zero-order valence-electron chi connectivity index (χ0n) is 22.0. The predicted octanol–water partition coefficient (Wildman–Crippen LogP) is 3.15. The van der Waals surface area contributed by atoms with Crippen molar-refractivity contribution in [2.24, 2.45) is 11.5 Å². The van der Waals surface area contributed by atoms with Gasteiger partial charge in [-0.05, 0) is 80.4 Å². The zero-order chi connectivity index (χ0) is 26.6. The molecule has 0 radical (unpaired) electrons. The molecule has 1 spiro atoms. The summed E-state index contributed by atoms with van der Waals surface area (Å²) in [4.78, 5) is 40.0. The van der Waals surface area contributed by atoms with E-state index in [1.54, 1.807) is 13.8 Å². The molecule has 4 rings (SSSR count). The van der Waals surface area contributed by atoms with Crippen molar-refractivity contribution in [3.05, 3.63) is 71.3 Å². The van der Waals surface area contributed by atoms with Gasteiger partial charge in [0.2, 0.25) is 17.7 Å². The molecule has 198 valence electrons. The van der Waals surface area contributed by atoms with Crippen LogP contribution in [0.1, 0.15) is 75.0 Å². The summed E-state index contributed by atoms with van der Waals surface area (Å²) in [5.41, 5.74) is 14.2. The first kappa shape index (κ1) is 26.9. The predicted molar refractivity (Wildman–Crippen MR) is 145 cm³/mol. The van der Waals surface area contributed by atoms with Gasteiger partial charge in [0.1, 0.15) is 6.04 Å². The molecular weight excluding hydrogens is 464 g/mol. The molecule has 1 saturated heterocycles. The van der Waals surface area contributed by atoms with E-state index in [1.165, 1.54) is 16.7 Å². The summed E-state index contributed by atoms with van der Waals surface area (Å²) in [6, 6.07) is 17.9. The molecule has 2 aromatic carbocycles. The standard InChI is InChI=1S/C30H40N4O3/c1-29(2,32)28(37)33-25(14-8-11-21-9-4-3-5-10-21)27(36)34-17-15-30(16-18-34)20-22(19-26(31)35)23-12-6-7-13-24(23)30/h3-7,9-10,12-13,22,25H,8,11,14-20,32H2,1-2H3,(H2,31,35)(H,33,37)/t22?,25-/m1/s1. The molecule has 5 N–H and O–H groups in total. The van der Waals surface area contributed by atoms with Crippen LogP contribution in [-0.4, -0.2) is 47.3 Å². The van der Waals surface area contributed by atoms with E-state index in [4.69, 9.17) is 11.5 Å². The van der Waals surface area contributed by atoms with E-state index in [-0.39, 0.29) is 29.1 Å². The summed E-state index contributed by atoms with van der Waals surface area (Å²) in [5.74, 6) is -0.507. The largest absolute Gasteiger partial charge is 0.370 e. The number of piperidine rings is 1. The van der Waals surface area contributed by atoms with Crippen molar-refractivity contribution in [1.29, 1.82) is 0 Å². The summed E-state index contributed by atoms with van der Waals surface area (Å²) in [6.45, 7) is 4.54. The molecule has 2 aliphatic rings. The summed E-state index contributed by atoms with van der Waals surface area (Å²) >= 11 is 0. The van der Waals surface area contributed by atoms with Crippen LogP contribution >= 0.6 is 0 Å². The molecule has 7 heteroatoms. The number of primary amides is 1. The lowest BCUT2D eigenvalue weighted by Gasteiger charge is -2.41. The van der Waals surface area contributed by atoms with Crippen LogP contribution in [0.5, 0.6) is 0 Å². The Morgan fingerprint density at radius 3 is 2.35 bits per heavy atom. The number of benzene rings is 2. The number of aryl methyl sites for hydroxylation is 1. The highest BCUT2D eigenvalue weighted by Crippen LogP contribution is 2.52. The van der Waals surface area contributed by atoms with Crippen molar-refractivity contribution >= 4 is 17.7 Å². The number of nitrogens with one attached hydrogen (secondary N) is 1. The van der Waals surface area contributed by atoms with Gasteiger partial charge in [-0.15, -0.1) is 0 Å². The van der Waals surface area contributed by atoms with E-state index in [9.17, 15) is 14.4 Å². The van der Waals surface area contributed by atoms with Crippen LogP contribution in [0.15, 0.2) is 54.6 Å². The molecule has 2 aromatic rings. The molecule has 7 nitrogen and oxygen atoms in total. The lowest BCUT2D eigenvalue weighted by atomic mass is 9.73. The van der Waals surface area contributed by atoms with Gasteiger partial charge in [0.25, 0.3) is 0 Å². The average molecular weight is 505 g/mol. The number of fused-ring (bicyclic) bond motifs is 2. The van der Waals surface area contributed by atoms with E-state index >= 15 is 0 Å². The van der Waals surface area contributed by atoms with Gasteiger partial charge < -0.3 is 21.7 Å². The Balaban J connectivity index is 1.44. The highest BCUT2D eigenvalue weighted by atomic mass is 16.2. The number of likely N-dealkylation sites (tertiary alicyclic amines) is 1. The fraction of sp³-hybridized carbons (Fsp3) is 0.500. The molecule has 1 heterocycles. The first-order valence-electron chi connectivity index (χ1n) is 13.4. The number of rotatable bonds is 9. The Kier molecular flexibility index (Phi) is 8.02. The van der Waals surface area contributed by atoms with Gasteiger partial charge in [0, 0.05) is 19.5 Å². The smallest absolute Gasteiger partial charge is 0.245 e. The SMILES string of the molecule is CC(C)(N)C(=O)N[C@H](CCCc1ccccc1)C(=O)N1CCC2(CC1)CC(CC(N)=O)c1ccccc12. The van der Waals surface area contributed by atoms with Crippen molar-refractivity contribution in [3.8, 4) is 0 Å². The van der Waals surface area contributed by atoms with Crippen molar-refractivity contribution in [2.45, 2.75) is 81.7 Å². The Labute approximate surface area is 220 Å². The van der Waals surface area contributed by atoms with Crippen LogP contribution in [-0.2, 0) is 26.2 Å². The first-order chi connectivity index (χ1) is 17.6. The Morgan fingerprint density at radius 1 is 1.05 bits per heavy atom. The summed E-state index contributed by atoms with van der Waals surface area (Å²) in [5, 5.41) is 2.94. The fourth-order valence-electron chi connectivity index (χ4n) is 6.06. The minimum Gasteiger partial charge on any atom is -0.370 e. The van der Waals surface area contributed by atoms with Crippen LogP contribution < -0.4 is 16.8 Å². The van der Waals surface area contributed by atoms with Crippen LogP contribution in [0.3, 0.4) is 0 Å². The fourth-order valence-corrected chi connectivity index (χ4v) is 6.06. The number of carbonyl (C=O) groups is 3. The molecular formula is C30H40N4O3. The third-order valence-corrected chi connectivity index (χ3v) is 8.08. The second-order valence-electron chi connectivity index (χ2n) is 11.4. The van der Waals surface area contributed by atoms with Gasteiger partial charge in [-0.1, -0.05) is 54.6 Å². The molecule has 37 heavy (non-hydrogen) atoms. The summed E-state index contributed by atoms with van der Waals surface area (Å²) < 4.78 is 0. The summed E-state index contributed by atoms with van der Waals surface area (Å²) in [7, 11) is 0. The van der Waals surface area contributed by atoms with Gasteiger partial charge in [0.15, 0.2) is 0 Å². The van der Waals surface area contributed by atoms with E-state index in [0.29, 0.717) is 25.9 Å². The number of hydrogen-bond acceptors (Lipinski definition) is 4. The lowest BCUT2D eigenvalue weighted by molar-refractivity contribution is -0.139. The molecule has 1 aliphatic heterocycles. The topological polar surface area (TPSA) is 119 Å². The quantitative estimate of drug-likeness (QED) is 0.486. The number of nitrogens with zero attached hydrogens (tertiary/aromatic N) is 1. The third-order valence-electron chi connectivity index (χ3n) is 8.08. The molecule has 2 atom stereocenters. The van der Waals surface area contributed by atoms with E-state index in [2.05, 4.69) is 35.6 Å². The number of amides is 3. The minimum absolute atomic E-state index is 0.0412. The van der Waals surface area contributed by atoms with E-state index in [1.807, 2.05) is 29.2 Å². The minimum atomic E-state index is -1.06. The number of hydrogen-bond donors (Lipinski definition) is 3. The van der Waals surface area contributed by atoms with E-state index < -0.39 is 11.6 Å². The first-order valence-corrected chi connectivity index (χ1v) is 13.4. The second-order valence-corrected chi connectivity index (χ2v) is 11.4. The van der Waals surface area contributed by atoms with Gasteiger partial charge in [-0.2, -0.15) is 0 Å². The van der Waals surface area contributed by atoms with Crippen molar-refractivity contribution in [2.75, 3.05) is 13.1 Å². The zero-order valence-corrected chi connectivity index (χ0v) is 22.0. The van der Waals surface area contributed by atoms with Gasteiger partial charge in [0.05, 0.1) is 5.54 Å². The Morgan fingerprint density at radius 2 is 1.70 bits per heavy atom. The molecule has 0 aromatic heterocycles. The maximum atomic E-state index is 13.7. The van der Waals surface area contributed by atoms with Crippen molar-refractivity contribution in [1.82, 2.24) is 10.2 Å². The van der Waals surface area contributed by atoms with Crippen molar-refractivity contribution < 1.29 is 14.4 Å². The maximum absolute atomic E-state index is 13.7. The number of nitrogens with two attached hydrogens (primary N) is 2. The molecule has 0 bridgehead atoms. The highest BCUT2D eigenvalue weighted by Gasteiger charge is 2.46. The van der Waals surface area contributed by atoms with Crippen LogP contribution in [0.25, 0.3) is 0 Å². The second kappa shape index (κ2) is 11.1. The van der Waals surface area contributed by atoms with Gasteiger partial charge >= 0.3 is 0 Å². The lowest BCUT2D eigenvalue weighted by Crippen LogP contribution is -2.57. The molecule has 1 aliphatic carbocycles. The normalized spacial score (nSPS) is 19.3. The Bertz CT molecular complexity index is 1120. The van der Waals surface area contributed by atoms with Crippen LogP contribution in [0.4, 0.5) is 0 Å². The monoisotopic (exact) mass is 504 g/mol.